The van der Waals surface area contributed by atoms with Crippen LogP contribution < -0.4 is 5.11 Å². The molecule has 1 rings (SSSR count). The van der Waals surface area contributed by atoms with Crippen LogP contribution >= 0.6 is 15.9 Å². The van der Waals surface area contributed by atoms with Crippen LogP contribution in [0.25, 0.3) is 6.08 Å². The molecular weight excluding hydrogens is 298 g/mol. The van der Waals surface area contributed by atoms with Gasteiger partial charge in [-0.25, -0.2) is 0 Å². The number of carbonyl (C=O) groups excluding carboxylic acids is 2. The zero-order chi connectivity index (χ0) is 13.4. The van der Waals surface area contributed by atoms with E-state index in [-0.39, 0.29) is 13.0 Å². The number of nitrogens with zero attached hydrogens (tertiary/aromatic N) is 1. The Balaban J connectivity index is 2.60. The number of hydrogen-bond acceptors (Lipinski definition) is 3. The van der Waals surface area contributed by atoms with E-state index in [4.69, 9.17) is 0 Å². The average molecular weight is 311 g/mol. The largest absolute Gasteiger partial charge is 0.530 e. The number of imide groups is 1. The maximum absolute atomic E-state index is 11.5. The molecular formula is C13H13BrNO3-. The predicted octanol–water partition coefficient (Wildman–Crippen LogP) is 1.66. The van der Waals surface area contributed by atoms with E-state index in [0.29, 0.717) is 10.2 Å². The zero-order valence-electron chi connectivity index (χ0n) is 9.71. The number of hydrogen-bond donors (Lipinski definition) is 0. The minimum absolute atomic E-state index is 0.00304. The van der Waals surface area contributed by atoms with Gasteiger partial charge in [0.05, 0.1) is 0 Å². The Kier molecular flexibility index (Phi) is 6.14. The molecule has 1 aromatic rings. The van der Waals surface area contributed by atoms with E-state index in [2.05, 4.69) is 15.9 Å². The van der Waals surface area contributed by atoms with Crippen molar-refractivity contribution in [3.63, 3.8) is 0 Å². The molecule has 1 aromatic carbocycles. The van der Waals surface area contributed by atoms with E-state index in [0.717, 1.165) is 5.56 Å². The lowest BCUT2D eigenvalue weighted by Gasteiger charge is -2.20. The highest BCUT2D eigenvalue weighted by Crippen LogP contribution is 2.02. The average Bonchev–Trinajstić information content (AvgIpc) is 2.35. The van der Waals surface area contributed by atoms with E-state index in [1.807, 2.05) is 30.3 Å². The molecule has 0 heterocycles. The van der Waals surface area contributed by atoms with Gasteiger partial charge >= 0.3 is 0 Å². The van der Waals surface area contributed by atoms with Crippen molar-refractivity contribution in [2.24, 2.45) is 0 Å². The fraction of sp³-hybridized carbons (Fsp3) is 0.231. The molecule has 0 bridgehead atoms. The first-order valence-electron chi connectivity index (χ1n) is 5.44. The number of rotatable bonds is 5. The number of amides is 2. The van der Waals surface area contributed by atoms with Gasteiger partial charge in [-0.2, -0.15) is 0 Å². The minimum Gasteiger partial charge on any atom is -0.530 e. The summed E-state index contributed by atoms with van der Waals surface area (Å²) >= 11 is 3.09. The second-order valence-corrected chi connectivity index (χ2v) is 4.32. The highest BCUT2D eigenvalue weighted by molar-refractivity contribution is 9.09. The van der Waals surface area contributed by atoms with Crippen LogP contribution in [0.3, 0.4) is 0 Å². The van der Waals surface area contributed by atoms with Gasteiger partial charge in [-0.15, -0.1) is 0 Å². The standard InChI is InChI=1S/C13H14BrNO3/c14-9-8-12(16)15(13(17)18)10-4-7-11-5-2-1-3-6-11/h1-7H,8-10H2,(H,17,18)/p-1. The number of benzene rings is 1. The van der Waals surface area contributed by atoms with Gasteiger partial charge in [0, 0.05) is 18.3 Å². The number of carbonyl (C=O) groups is 2. The van der Waals surface area contributed by atoms with Crippen LogP contribution in [0.4, 0.5) is 4.79 Å². The van der Waals surface area contributed by atoms with Crippen LogP contribution in [0.5, 0.6) is 0 Å². The zero-order valence-corrected chi connectivity index (χ0v) is 11.3. The molecule has 0 saturated carbocycles. The first-order chi connectivity index (χ1) is 8.65. The van der Waals surface area contributed by atoms with Gasteiger partial charge in [0.15, 0.2) is 0 Å². The molecule has 0 aliphatic carbocycles. The monoisotopic (exact) mass is 310 g/mol. The van der Waals surface area contributed by atoms with Crippen molar-refractivity contribution < 1.29 is 14.7 Å². The molecule has 5 heteroatoms. The van der Waals surface area contributed by atoms with Crippen molar-refractivity contribution in [2.45, 2.75) is 6.42 Å². The van der Waals surface area contributed by atoms with Gasteiger partial charge < -0.3 is 9.90 Å². The number of halogens is 1. The Morgan fingerprint density at radius 2 is 1.94 bits per heavy atom. The summed E-state index contributed by atoms with van der Waals surface area (Å²) in [4.78, 5) is 23.0. The van der Waals surface area contributed by atoms with E-state index in [1.54, 1.807) is 12.2 Å². The Morgan fingerprint density at radius 3 is 2.50 bits per heavy atom. The van der Waals surface area contributed by atoms with E-state index >= 15 is 0 Å². The van der Waals surface area contributed by atoms with E-state index < -0.39 is 12.0 Å². The molecule has 96 valence electrons. The van der Waals surface area contributed by atoms with Gasteiger partial charge in [-0.1, -0.05) is 58.4 Å². The lowest BCUT2D eigenvalue weighted by molar-refractivity contribution is -0.263. The highest BCUT2D eigenvalue weighted by atomic mass is 79.9. The van der Waals surface area contributed by atoms with Crippen molar-refractivity contribution >= 4 is 34.0 Å². The maximum atomic E-state index is 11.5. The third-order valence-corrected chi connectivity index (χ3v) is 2.62. The minimum atomic E-state index is -1.47. The molecule has 0 atom stereocenters. The summed E-state index contributed by atoms with van der Waals surface area (Å²) in [5, 5.41) is 11.2. The third-order valence-electron chi connectivity index (χ3n) is 2.23. The van der Waals surface area contributed by atoms with Crippen LogP contribution in [0.1, 0.15) is 12.0 Å². The lowest BCUT2D eigenvalue weighted by atomic mass is 10.2. The van der Waals surface area contributed by atoms with Gasteiger partial charge in [0.1, 0.15) is 6.09 Å². The van der Waals surface area contributed by atoms with Gasteiger partial charge in [0.25, 0.3) is 0 Å². The van der Waals surface area contributed by atoms with Gasteiger partial charge in [0.2, 0.25) is 5.91 Å². The highest BCUT2D eigenvalue weighted by Gasteiger charge is 2.11. The molecule has 0 aliphatic heterocycles. The van der Waals surface area contributed by atoms with Gasteiger partial charge in [-0.3, -0.25) is 9.69 Å². The Morgan fingerprint density at radius 1 is 1.28 bits per heavy atom. The first kappa shape index (κ1) is 14.4. The maximum Gasteiger partial charge on any atom is 0.229 e. The summed E-state index contributed by atoms with van der Waals surface area (Å²) in [7, 11) is 0. The molecule has 18 heavy (non-hydrogen) atoms. The SMILES string of the molecule is O=C([O-])N(CC=Cc1ccccc1)C(=O)CCBr. The van der Waals surface area contributed by atoms with Crippen molar-refractivity contribution in [3.8, 4) is 0 Å². The Bertz CT molecular complexity index is 431. The van der Waals surface area contributed by atoms with Crippen molar-refractivity contribution in [2.75, 3.05) is 11.9 Å². The normalized spacial score (nSPS) is 10.5. The summed E-state index contributed by atoms with van der Waals surface area (Å²) in [6, 6.07) is 9.43. The summed E-state index contributed by atoms with van der Waals surface area (Å²) in [5.41, 5.74) is 0.948. The van der Waals surface area contributed by atoms with E-state index in [9.17, 15) is 14.7 Å². The van der Waals surface area contributed by atoms with Crippen LogP contribution in [0, 0.1) is 0 Å². The van der Waals surface area contributed by atoms with Crippen molar-refractivity contribution in [1.82, 2.24) is 4.90 Å². The second-order valence-electron chi connectivity index (χ2n) is 3.52. The molecule has 0 unspecified atom stereocenters. The molecule has 0 saturated heterocycles. The molecule has 0 aliphatic rings. The fourth-order valence-corrected chi connectivity index (χ4v) is 1.69. The fourth-order valence-electron chi connectivity index (χ4n) is 1.35. The summed E-state index contributed by atoms with van der Waals surface area (Å²) in [5.74, 6) is -0.468. The van der Waals surface area contributed by atoms with Crippen molar-refractivity contribution in [1.29, 1.82) is 0 Å². The third kappa shape index (κ3) is 4.71. The predicted molar refractivity (Wildman–Crippen MR) is 71.0 cm³/mol. The molecule has 0 aromatic heterocycles. The van der Waals surface area contributed by atoms with E-state index in [1.165, 1.54) is 0 Å². The second kappa shape index (κ2) is 7.66. The molecule has 0 fully saturated rings. The quantitative estimate of drug-likeness (QED) is 0.777. The van der Waals surface area contributed by atoms with Crippen LogP contribution in [-0.2, 0) is 4.79 Å². The van der Waals surface area contributed by atoms with Crippen molar-refractivity contribution in [3.05, 3.63) is 42.0 Å². The lowest BCUT2D eigenvalue weighted by Crippen LogP contribution is -2.45. The number of carboxylic acid groups (broad SMARTS) is 1. The summed E-state index contributed by atoms with van der Waals surface area (Å²) < 4.78 is 0. The molecule has 4 nitrogen and oxygen atoms in total. The molecule has 0 radical (unpaired) electrons. The molecule has 2 amide bonds. The first-order valence-corrected chi connectivity index (χ1v) is 6.56. The summed E-state index contributed by atoms with van der Waals surface area (Å²) in [6.45, 7) is 0.00304. The molecule has 0 N–H and O–H groups in total. The number of alkyl halides is 1. The van der Waals surface area contributed by atoms with Crippen LogP contribution in [0.15, 0.2) is 36.4 Å². The van der Waals surface area contributed by atoms with Gasteiger partial charge in [-0.05, 0) is 5.56 Å². The van der Waals surface area contributed by atoms with Crippen LogP contribution in [-0.4, -0.2) is 28.8 Å². The molecule has 0 spiro atoms. The van der Waals surface area contributed by atoms with Crippen LogP contribution in [0.2, 0.25) is 0 Å². The summed E-state index contributed by atoms with van der Waals surface area (Å²) in [6.07, 6.45) is 2.04. The topological polar surface area (TPSA) is 60.4 Å². The Labute approximate surface area is 114 Å². The smallest absolute Gasteiger partial charge is 0.229 e. The Hall–Kier alpha value is -1.62.